The second kappa shape index (κ2) is 10.7. The molecule has 9 nitrogen and oxygen atoms in total. The maximum atomic E-state index is 12.8. The van der Waals surface area contributed by atoms with Crippen molar-refractivity contribution in [1.29, 1.82) is 0 Å². The van der Waals surface area contributed by atoms with Crippen molar-refractivity contribution in [2.45, 2.75) is 46.8 Å². The molecule has 1 aromatic rings. The smallest absolute Gasteiger partial charge is 0.327 e. The fourth-order valence-electron chi connectivity index (χ4n) is 2.77. The Balaban J connectivity index is 2.12. The fraction of sp³-hybridized carbons (Fsp3) is 0.435. The molecule has 0 spiro atoms. The number of amidine groups is 1. The molecule has 0 bridgehead atoms. The maximum Gasteiger partial charge on any atom is 0.327 e. The summed E-state index contributed by atoms with van der Waals surface area (Å²) in [5.74, 6) is -0.571. The third-order valence-electron chi connectivity index (χ3n) is 4.29. The summed E-state index contributed by atoms with van der Waals surface area (Å²) in [6.45, 7) is 8.48. The van der Waals surface area contributed by atoms with Crippen molar-refractivity contribution < 1.29 is 28.6 Å². The van der Waals surface area contributed by atoms with Gasteiger partial charge in [-0.1, -0.05) is 24.3 Å². The van der Waals surface area contributed by atoms with Gasteiger partial charge in [0.15, 0.2) is 5.90 Å². The van der Waals surface area contributed by atoms with Gasteiger partial charge in [0.1, 0.15) is 36.8 Å². The molecule has 1 aliphatic rings. The number of rotatable bonds is 7. The number of esters is 2. The van der Waals surface area contributed by atoms with Gasteiger partial charge in [-0.25, -0.2) is 9.98 Å². The molecule has 0 aromatic heterocycles. The zero-order valence-electron chi connectivity index (χ0n) is 19.3. The molecular formula is C23H29N3O6. The van der Waals surface area contributed by atoms with Gasteiger partial charge in [0.05, 0.1) is 7.11 Å². The van der Waals surface area contributed by atoms with Gasteiger partial charge in [0, 0.05) is 6.92 Å². The lowest BCUT2D eigenvalue weighted by Gasteiger charge is -2.22. The highest BCUT2D eigenvalue weighted by Gasteiger charge is 2.31. The van der Waals surface area contributed by atoms with Crippen LogP contribution in [0.3, 0.4) is 0 Å². The Morgan fingerprint density at radius 1 is 1.19 bits per heavy atom. The molecule has 0 aliphatic carbocycles. The lowest BCUT2D eigenvalue weighted by molar-refractivity contribution is -0.156. The minimum absolute atomic E-state index is 0.121. The van der Waals surface area contributed by atoms with E-state index in [1.807, 2.05) is 24.3 Å². The number of hydrogen-bond acceptors (Lipinski definition) is 8. The van der Waals surface area contributed by atoms with Crippen molar-refractivity contribution in [2.24, 2.45) is 9.98 Å². The molecule has 2 rings (SSSR count). The summed E-state index contributed by atoms with van der Waals surface area (Å²) in [6, 6.07) is 7.37. The molecule has 0 atom stereocenters. The number of benzene rings is 1. The van der Waals surface area contributed by atoms with Gasteiger partial charge in [0.25, 0.3) is 5.91 Å². The normalized spacial score (nSPS) is 15.6. The Morgan fingerprint density at radius 3 is 2.53 bits per heavy atom. The van der Waals surface area contributed by atoms with Crippen molar-refractivity contribution in [3.05, 3.63) is 41.1 Å². The van der Waals surface area contributed by atoms with E-state index in [0.29, 0.717) is 11.7 Å². The SMILES string of the molecule is COC(=O)CN=C(C)OCc1ccccc1/C=C1\N=C(C)N(CC(=O)OC(C)(C)C)C1=O. The third kappa shape index (κ3) is 7.33. The van der Waals surface area contributed by atoms with Crippen LogP contribution in [0.1, 0.15) is 45.7 Å². The van der Waals surface area contributed by atoms with Crippen molar-refractivity contribution in [3.63, 3.8) is 0 Å². The van der Waals surface area contributed by atoms with E-state index < -0.39 is 17.5 Å². The van der Waals surface area contributed by atoms with Crippen molar-refractivity contribution in [2.75, 3.05) is 20.2 Å². The number of aliphatic imine (C=N–C) groups is 2. The Hall–Kier alpha value is -3.49. The molecule has 9 heteroatoms. The first-order valence-corrected chi connectivity index (χ1v) is 10.1. The highest BCUT2D eigenvalue weighted by Crippen LogP contribution is 2.21. The number of ether oxygens (including phenoxy) is 3. The summed E-state index contributed by atoms with van der Waals surface area (Å²) < 4.78 is 15.5. The van der Waals surface area contributed by atoms with E-state index in [2.05, 4.69) is 14.7 Å². The van der Waals surface area contributed by atoms with Crippen LogP contribution in [-0.4, -0.2) is 60.3 Å². The second-order valence-electron chi connectivity index (χ2n) is 8.07. The largest absolute Gasteiger partial charge is 0.476 e. The highest BCUT2D eigenvalue weighted by molar-refractivity contribution is 6.14. The number of methoxy groups -OCH3 is 1. The molecule has 1 amide bonds. The number of carbonyl (C=O) groups excluding carboxylic acids is 3. The first-order chi connectivity index (χ1) is 15.0. The summed E-state index contributed by atoms with van der Waals surface area (Å²) in [5, 5.41) is 0. The summed E-state index contributed by atoms with van der Waals surface area (Å²) in [7, 11) is 1.29. The van der Waals surface area contributed by atoms with Gasteiger partial charge < -0.3 is 14.2 Å². The van der Waals surface area contributed by atoms with E-state index in [4.69, 9.17) is 9.47 Å². The first kappa shape index (κ1) is 24.8. The Bertz CT molecular complexity index is 972. The first-order valence-electron chi connectivity index (χ1n) is 10.1. The average molecular weight is 444 g/mol. The van der Waals surface area contributed by atoms with Crippen LogP contribution in [0.25, 0.3) is 6.08 Å². The fourth-order valence-corrected chi connectivity index (χ4v) is 2.77. The summed E-state index contributed by atoms with van der Waals surface area (Å²) in [4.78, 5) is 45.8. The zero-order valence-corrected chi connectivity index (χ0v) is 19.3. The third-order valence-corrected chi connectivity index (χ3v) is 4.29. The minimum atomic E-state index is -0.638. The standard InChI is InChI=1S/C23H29N3O6/c1-15-25-19(22(29)26(15)13-21(28)32-23(3,4)5)11-17-9-7-8-10-18(17)14-31-16(2)24-12-20(27)30-6/h7-11H,12-14H2,1-6H3/b19-11-,24-16?. The number of amides is 1. The quantitative estimate of drug-likeness (QED) is 0.278. The van der Waals surface area contributed by atoms with E-state index in [1.165, 1.54) is 12.0 Å². The van der Waals surface area contributed by atoms with Gasteiger partial charge in [-0.2, -0.15) is 0 Å². The van der Waals surface area contributed by atoms with Crippen LogP contribution in [0, 0.1) is 0 Å². The highest BCUT2D eigenvalue weighted by atomic mass is 16.6. The van der Waals surface area contributed by atoms with Crippen LogP contribution < -0.4 is 0 Å². The van der Waals surface area contributed by atoms with Gasteiger partial charge in [-0.15, -0.1) is 0 Å². The number of hydrogen-bond donors (Lipinski definition) is 0. The molecule has 0 saturated heterocycles. The summed E-state index contributed by atoms with van der Waals surface area (Å²) >= 11 is 0. The van der Waals surface area contributed by atoms with Crippen LogP contribution in [0.4, 0.5) is 0 Å². The Labute approximate surface area is 187 Å². The van der Waals surface area contributed by atoms with Gasteiger partial charge in [-0.05, 0) is 44.9 Å². The van der Waals surface area contributed by atoms with E-state index in [9.17, 15) is 14.4 Å². The summed E-state index contributed by atoms with van der Waals surface area (Å²) in [6.07, 6.45) is 1.65. The lowest BCUT2D eigenvalue weighted by Crippen LogP contribution is -2.38. The Kier molecular flexibility index (Phi) is 8.28. The zero-order chi connectivity index (χ0) is 23.9. The van der Waals surface area contributed by atoms with E-state index >= 15 is 0 Å². The minimum Gasteiger partial charge on any atom is -0.476 e. The molecule has 0 fully saturated rings. The predicted molar refractivity (Wildman–Crippen MR) is 120 cm³/mol. The molecule has 0 N–H and O–H groups in total. The van der Waals surface area contributed by atoms with Gasteiger partial charge in [-0.3, -0.25) is 19.3 Å². The number of nitrogens with zero attached hydrogens (tertiary/aromatic N) is 3. The van der Waals surface area contributed by atoms with E-state index in [-0.39, 0.29) is 31.3 Å². The number of carbonyl (C=O) groups is 3. The average Bonchev–Trinajstić information content (AvgIpc) is 2.97. The van der Waals surface area contributed by atoms with Crippen LogP contribution in [0.15, 0.2) is 39.9 Å². The lowest BCUT2D eigenvalue weighted by atomic mass is 10.1. The molecule has 1 aliphatic heterocycles. The molecule has 32 heavy (non-hydrogen) atoms. The molecule has 0 saturated carbocycles. The topological polar surface area (TPSA) is 107 Å². The monoisotopic (exact) mass is 443 g/mol. The second-order valence-corrected chi connectivity index (χ2v) is 8.07. The molecular weight excluding hydrogens is 414 g/mol. The van der Waals surface area contributed by atoms with Crippen molar-refractivity contribution in [3.8, 4) is 0 Å². The molecule has 1 aromatic carbocycles. The molecule has 0 unspecified atom stereocenters. The molecule has 1 heterocycles. The molecule has 172 valence electrons. The van der Waals surface area contributed by atoms with E-state index in [0.717, 1.165) is 11.1 Å². The van der Waals surface area contributed by atoms with Crippen LogP contribution >= 0.6 is 0 Å². The van der Waals surface area contributed by atoms with Crippen molar-refractivity contribution in [1.82, 2.24) is 4.90 Å². The van der Waals surface area contributed by atoms with Crippen molar-refractivity contribution >= 4 is 35.7 Å². The molecule has 0 radical (unpaired) electrons. The van der Waals surface area contributed by atoms with E-state index in [1.54, 1.807) is 40.7 Å². The van der Waals surface area contributed by atoms with Gasteiger partial charge >= 0.3 is 11.9 Å². The summed E-state index contributed by atoms with van der Waals surface area (Å²) in [5.41, 5.74) is 1.13. The van der Waals surface area contributed by atoms with Gasteiger partial charge in [0.2, 0.25) is 0 Å². The Morgan fingerprint density at radius 2 is 1.88 bits per heavy atom. The van der Waals surface area contributed by atoms with Crippen LogP contribution in [0.2, 0.25) is 0 Å². The maximum absolute atomic E-state index is 12.8. The predicted octanol–water partition coefficient (Wildman–Crippen LogP) is 2.74. The van der Waals surface area contributed by atoms with Crippen LogP contribution in [0.5, 0.6) is 0 Å². The van der Waals surface area contributed by atoms with Crippen LogP contribution in [-0.2, 0) is 35.2 Å².